The topological polar surface area (TPSA) is 9.23 Å². The Hall–Kier alpha value is -0.755. The van der Waals surface area contributed by atoms with Crippen LogP contribution >= 0.6 is 0 Å². The Morgan fingerprint density at radius 1 is 0.826 bits per heavy atom. The lowest BCUT2D eigenvalue weighted by molar-refractivity contribution is 0.0375. The van der Waals surface area contributed by atoms with Crippen molar-refractivity contribution in [1.82, 2.24) is 0 Å². The van der Waals surface area contributed by atoms with Gasteiger partial charge in [0.1, 0.15) is 0 Å². The van der Waals surface area contributed by atoms with Crippen molar-refractivity contribution in [2.45, 2.75) is 91.0 Å². The van der Waals surface area contributed by atoms with Gasteiger partial charge < -0.3 is 4.65 Å². The van der Waals surface area contributed by atoms with E-state index in [2.05, 4.69) is 73.6 Å². The lowest BCUT2D eigenvalue weighted by Crippen LogP contribution is -2.39. The van der Waals surface area contributed by atoms with E-state index in [0.29, 0.717) is 5.41 Å². The van der Waals surface area contributed by atoms with Crippen LogP contribution in [0.2, 0.25) is 6.32 Å². The van der Waals surface area contributed by atoms with Crippen molar-refractivity contribution >= 4 is 12.4 Å². The molecule has 126 valence electrons. The van der Waals surface area contributed by atoms with Crippen LogP contribution in [0.4, 0.5) is 0 Å². The third-order valence-electron chi connectivity index (χ3n) is 7.01. The molecule has 3 rings (SSSR count). The molecule has 1 aliphatic heterocycles. The van der Waals surface area contributed by atoms with Crippen LogP contribution in [0.25, 0.3) is 0 Å². The molecule has 0 amide bonds. The van der Waals surface area contributed by atoms with E-state index in [1.54, 1.807) is 0 Å². The summed E-state index contributed by atoms with van der Waals surface area (Å²) in [6.45, 7) is 18.9. The number of benzene rings is 1. The van der Waals surface area contributed by atoms with E-state index < -0.39 is 0 Å². The van der Waals surface area contributed by atoms with Crippen LogP contribution in [0.15, 0.2) is 18.2 Å². The van der Waals surface area contributed by atoms with Gasteiger partial charge >= 0.3 is 6.92 Å². The number of fused-ring (bicyclic) bond motifs is 1. The second-order valence-corrected chi connectivity index (χ2v) is 10.3. The molecular weight excluding hydrogens is 279 g/mol. The van der Waals surface area contributed by atoms with Crippen molar-refractivity contribution in [3.63, 3.8) is 0 Å². The molecule has 0 atom stereocenters. The van der Waals surface area contributed by atoms with E-state index in [9.17, 15) is 0 Å². The molecule has 1 heterocycles. The SMILES string of the molecule is CC1(C)CCC(C)(C)c2cc(B3CC(C)(C)C(C)(C)O3)ccc21. The lowest BCUT2D eigenvalue weighted by Gasteiger charge is -2.42. The molecule has 2 heteroatoms. The van der Waals surface area contributed by atoms with Gasteiger partial charge in [-0.2, -0.15) is 0 Å². The first-order valence-electron chi connectivity index (χ1n) is 9.19. The lowest BCUT2D eigenvalue weighted by atomic mass is 9.52. The molecule has 0 saturated carbocycles. The molecule has 1 aromatic rings. The molecule has 0 spiro atoms. The predicted octanol–water partition coefficient (Wildman–Crippen LogP) is 5.07. The third-order valence-corrected chi connectivity index (χ3v) is 7.01. The van der Waals surface area contributed by atoms with Crippen LogP contribution in [0, 0.1) is 5.41 Å². The Morgan fingerprint density at radius 3 is 1.91 bits per heavy atom. The number of rotatable bonds is 1. The van der Waals surface area contributed by atoms with Gasteiger partial charge in [-0.3, -0.25) is 0 Å². The van der Waals surface area contributed by atoms with Crippen molar-refractivity contribution < 1.29 is 4.65 Å². The van der Waals surface area contributed by atoms with Crippen molar-refractivity contribution in [3.05, 3.63) is 29.3 Å². The molecule has 0 N–H and O–H groups in total. The highest BCUT2D eigenvalue weighted by Crippen LogP contribution is 2.47. The second-order valence-electron chi connectivity index (χ2n) is 10.3. The largest absolute Gasteiger partial charge is 0.426 e. The Labute approximate surface area is 143 Å². The summed E-state index contributed by atoms with van der Waals surface area (Å²) in [5, 5.41) is 0. The summed E-state index contributed by atoms with van der Waals surface area (Å²) in [5.74, 6) is 0. The molecule has 2 aliphatic rings. The van der Waals surface area contributed by atoms with E-state index in [-0.39, 0.29) is 23.3 Å². The summed E-state index contributed by atoms with van der Waals surface area (Å²) in [6.07, 6.45) is 3.63. The van der Waals surface area contributed by atoms with Gasteiger partial charge in [-0.15, -0.1) is 0 Å². The third kappa shape index (κ3) is 2.67. The summed E-state index contributed by atoms with van der Waals surface area (Å²) in [4.78, 5) is 0. The Balaban J connectivity index is 2.02. The fourth-order valence-electron chi connectivity index (χ4n) is 4.26. The van der Waals surface area contributed by atoms with Crippen molar-refractivity contribution in [1.29, 1.82) is 0 Å². The molecular formula is C21H33BO. The van der Waals surface area contributed by atoms with Gasteiger partial charge in [-0.1, -0.05) is 59.7 Å². The molecule has 1 saturated heterocycles. The molecule has 0 aromatic heterocycles. The summed E-state index contributed by atoms with van der Waals surface area (Å²) >= 11 is 0. The maximum atomic E-state index is 6.46. The van der Waals surface area contributed by atoms with Crippen LogP contribution in [0.5, 0.6) is 0 Å². The van der Waals surface area contributed by atoms with E-state index in [4.69, 9.17) is 4.65 Å². The maximum Gasteiger partial charge on any atom is 0.327 e. The zero-order chi connectivity index (χ0) is 17.3. The van der Waals surface area contributed by atoms with Crippen molar-refractivity contribution in [3.8, 4) is 0 Å². The van der Waals surface area contributed by atoms with Gasteiger partial charge in [-0.05, 0) is 65.8 Å². The summed E-state index contributed by atoms with van der Waals surface area (Å²) in [7, 11) is 0. The van der Waals surface area contributed by atoms with E-state index in [1.165, 1.54) is 29.4 Å². The summed E-state index contributed by atoms with van der Waals surface area (Å²) in [6, 6.07) is 7.16. The first-order valence-corrected chi connectivity index (χ1v) is 9.19. The molecule has 0 unspecified atom stereocenters. The maximum absolute atomic E-state index is 6.46. The van der Waals surface area contributed by atoms with E-state index in [0.717, 1.165) is 6.32 Å². The monoisotopic (exact) mass is 312 g/mol. The standard InChI is InChI=1S/C21H33BO/c1-18(2)11-12-19(3,4)17-13-15(9-10-16(17)18)22-14-20(5,6)21(7,8)23-22/h9-10,13H,11-12,14H2,1-8H3. The summed E-state index contributed by atoms with van der Waals surface area (Å²) < 4.78 is 6.46. The van der Waals surface area contributed by atoms with Gasteiger partial charge in [0.25, 0.3) is 0 Å². The minimum atomic E-state index is -0.0671. The molecule has 1 nitrogen and oxygen atoms in total. The second kappa shape index (κ2) is 4.88. The minimum Gasteiger partial charge on any atom is -0.426 e. The van der Waals surface area contributed by atoms with Crippen LogP contribution < -0.4 is 5.46 Å². The van der Waals surface area contributed by atoms with Crippen LogP contribution in [-0.2, 0) is 15.5 Å². The summed E-state index contributed by atoms with van der Waals surface area (Å²) in [5.41, 5.74) is 5.15. The normalized spacial score (nSPS) is 26.9. The molecule has 0 bridgehead atoms. The van der Waals surface area contributed by atoms with Crippen molar-refractivity contribution in [2.75, 3.05) is 0 Å². The zero-order valence-electron chi connectivity index (χ0n) is 16.3. The Kier molecular flexibility index (Phi) is 3.62. The minimum absolute atomic E-state index is 0.0671. The van der Waals surface area contributed by atoms with Gasteiger partial charge in [0, 0.05) is 0 Å². The van der Waals surface area contributed by atoms with E-state index in [1.807, 2.05) is 0 Å². The molecule has 1 aliphatic carbocycles. The molecule has 1 fully saturated rings. The molecule has 0 radical (unpaired) electrons. The quantitative estimate of drug-likeness (QED) is 0.658. The average Bonchev–Trinajstić information content (AvgIpc) is 2.64. The molecule has 1 aromatic carbocycles. The number of hydrogen-bond acceptors (Lipinski definition) is 1. The van der Waals surface area contributed by atoms with Crippen LogP contribution in [0.1, 0.15) is 79.4 Å². The van der Waals surface area contributed by atoms with Gasteiger partial charge in [0.05, 0.1) is 5.60 Å². The highest BCUT2D eigenvalue weighted by Gasteiger charge is 2.50. The number of hydrogen-bond donors (Lipinski definition) is 0. The van der Waals surface area contributed by atoms with Crippen molar-refractivity contribution in [2.24, 2.45) is 5.41 Å². The highest BCUT2D eigenvalue weighted by atomic mass is 16.5. The zero-order valence-corrected chi connectivity index (χ0v) is 16.3. The smallest absolute Gasteiger partial charge is 0.327 e. The fourth-order valence-corrected chi connectivity index (χ4v) is 4.26. The Bertz CT molecular complexity index is 609. The average molecular weight is 312 g/mol. The Morgan fingerprint density at radius 2 is 1.39 bits per heavy atom. The van der Waals surface area contributed by atoms with Crippen LogP contribution in [-0.4, -0.2) is 12.5 Å². The highest BCUT2D eigenvalue weighted by molar-refractivity contribution is 6.68. The molecule has 23 heavy (non-hydrogen) atoms. The van der Waals surface area contributed by atoms with Crippen LogP contribution in [0.3, 0.4) is 0 Å². The van der Waals surface area contributed by atoms with E-state index >= 15 is 0 Å². The van der Waals surface area contributed by atoms with Gasteiger partial charge in [0.2, 0.25) is 0 Å². The fraction of sp³-hybridized carbons (Fsp3) is 0.714. The first kappa shape index (κ1) is 17.1. The van der Waals surface area contributed by atoms with Gasteiger partial charge in [-0.25, -0.2) is 0 Å². The predicted molar refractivity (Wildman–Crippen MR) is 101 cm³/mol. The van der Waals surface area contributed by atoms with Gasteiger partial charge in [0.15, 0.2) is 0 Å². The first-order chi connectivity index (χ1) is 10.4.